The van der Waals surface area contributed by atoms with Crippen LogP contribution in [-0.4, -0.2) is 77.8 Å². The van der Waals surface area contributed by atoms with E-state index in [2.05, 4.69) is 27.6 Å². The number of carbonyl (C=O) groups is 3. The molecule has 24 heavy (non-hydrogen) atoms. The Morgan fingerprint density at radius 2 is 1.46 bits per heavy atom. The predicted molar refractivity (Wildman–Crippen MR) is 85.5 cm³/mol. The number of aliphatic imine (C=N–C) groups is 1. The predicted octanol–water partition coefficient (Wildman–Crippen LogP) is -0.321. The molecule has 0 aromatic rings. The molecule has 0 aliphatic heterocycles. The Labute approximate surface area is 139 Å². The summed E-state index contributed by atoms with van der Waals surface area (Å²) in [6.45, 7) is 6.76. The van der Waals surface area contributed by atoms with Crippen molar-refractivity contribution < 1.29 is 34.1 Å². The smallest absolute Gasteiger partial charge is 0.343 e. The first-order chi connectivity index (χ1) is 11.3. The van der Waals surface area contributed by atoms with E-state index in [1.54, 1.807) is 0 Å². The first-order valence-corrected chi connectivity index (χ1v) is 7.06. The number of urea groups is 1. The number of aliphatic hydroxyl groups is 2. The second kappa shape index (κ2) is 12.0. The summed E-state index contributed by atoms with van der Waals surface area (Å²) < 4.78 is 9.33. The maximum atomic E-state index is 11.9. The van der Waals surface area contributed by atoms with E-state index in [0.29, 0.717) is 0 Å². The van der Waals surface area contributed by atoms with Gasteiger partial charge in [-0.15, -0.1) is 0 Å². The Bertz CT molecular complexity index is 458. The number of esters is 2. The first-order valence-electron chi connectivity index (χ1n) is 7.06. The van der Waals surface area contributed by atoms with Gasteiger partial charge in [0.1, 0.15) is 25.4 Å². The van der Waals surface area contributed by atoms with E-state index >= 15 is 0 Å². The molecule has 0 aliphatic rings. The van der Waals surface area contributed by atoms with E-state index in [4.69, 9.17) is 0 Å². The topological polar surface area (TPSA) is 126 Å². The summed E-state index contributed by atoms with van der Waals surface area (Å²) in [6.07, 6.45) is 0.758. The molecule has 0 aromatic heterocycles. The Hall–Kier alpha value is -2.52. The summed E-state index contributed by atoms with van der Waals surface area (Å²) in [4.78, 5) is 38.3. The van der Waals surface area contributed by atoms with Crippen LogP contribution in [-0.2, 0) is 19.1 Å². The highest BCUT2D eigenvalue weighted by molar-refractivity contribution is 5.83. The average Bonchev–Trinajstić information content (AvgIpc) is 2.56. The van der Waals surface area contributed by atoms with E-state index in [1.807, 2.05) is 0 Å². The second-order valence-electron chi connectivity index (χ2n) is 4.55. The fourth-order valence-electron chi connectivity index (χ4n) is 1.51. The van der Waals surface area contributed by atoms with Crippen molar-refractivity contribution in [2.45, 2.75) is 19.1 Å². The molecule has 0 aliphatic carbocycles. The Morgan fingerprint density at radius 3 is 1.79 bits per heavy atom. The van der Waals surface area contributed by atoms with Crippen molar-refractivity contribution in [3.63, 3.8) is 0 Å². The number of nitrogens with zero attached hydrogens (tertiary/aromatic N) is 2. The molecule has 0 spiro atoms. The number of hydrogen-bond donors (Lipinski definition) is 2. The van der Waals surface area contributed by atoms with Gasteiger partial charge in [-0.2, -0.15) is 0 Å². The van der Waals surface area contributed by atoms with Crippen LogP contribution in [0.25, 0.3) is 0 Å². The van der Waals surface area contributed by atoms with Crippen LogP contribution in [0.1, 0.15) is 6.92 Å². The molecule has 0 saturated carbocycles. The SMILES string of the molecule is C=CC(=O)OCC(O)CN(CC(O)COC(=O)C=C)C(=O)/N=C\C. The van der Waals surface area contributed by atoms with Crippen LogP contribution < -0.4 is 0 Å². The molecular weight excluding hydrogens is 320 g/mol. The van der Waals surface area contributed by atoms with Gasteiger partial charge in [0, 0.05) is 18.4 Å². The molecule has 9 nitrogen and oxygen atoms in total. The Balaban J connectivity index is 4.64. The zero-order chi connectivity index (χ0) is 18.5. The Morgan fingerprint density at radius 1 is 1.04 bits per heavy atom. The fraction of sp³-hybridized carbons (Fsp3) is 0.467. The summed E-state index contributed by atoms with van der Waals surface area (Å²) in [5.74, 6) is -1.43. The molecule has 2 N–H and O–H groups in total. The molecule has 2 amide bonds. The molecule has 0 bridgehead atoms. The van der Waals surface area contributed by atoms with Gasteiger partial charge in [-0.3, -0.25) is 0 Å². The van der Waals surface area contributed by atoms with Crippen LogP contribution in [0, 0.1) is 0 Å². The van der Waals surface area contributed by atoms with Gasteiger partial charge >= 0.3 is 18.0 Å². The van der Waals surface area contributed by atoms with E-state index < -0.39 is 30.2 Å². The highest BCUT2D eigenvalue weighted by Crippen LogP contribution is 2.02. The zero-order valence-corrected chi connectivity index (χ0v) is 13.5. The van der Waals surface area contributed by atoms with Crippen molar-refractivity contribution in [3.8, 4) is 0 Å². The Kier molecular flexibility index (Phi) is 10.7. The molecule has 0 heterocycles. The normalized spacial score (nSPS) is 13.0. The molecule has 2 atom stereocenters. The number of aliphatic hydroxyl groups excluding tert-OH is 2. The van der Waals surface area contributed by atoms with Crippen LogP contribution in [0.15, 0.2) is 30.3 Å². The number of amides is 2. The van der Waals surface area contributed by atoms with E-state index in [-0.39, 0.29) is 26.3 Å². The van der Waals surface area contributed by atoms with Crippen molar-refractivity contribution in [3.05, 3.63) is 25.3 Å². The van der Waals surface area contributed by atoms with Gasteiger partial charge in [0.05, 0.1) is 13.1 Å². The first kappa shape index (κ1) is 21.5. The van der Waals surface area contributed by atoms with Gasteiger partial charge in [-0.25, -0.2) is 19.4 Å². The number of hydrogen-bond acceptors (Lipinski definition) is 7. The van der Waals surface area contributed by atoms with Crippen LogP contribution in [0.2, 0.25) is 0 Å². The van der Waals surface area contributed by atoms with E-state index in [0.717, 1.165) is 17.1 Å². The maximum absolute atomic E-state index is 11.9. The van der Waals surface area contributed by atoms with Crippen molar-refractivity contribution in [1.29, 1.82) is 0 Å². The van der Waals surface area contributed by atoms with Crippen LogP contribution >= 0.6 is 0 Å². The summed E-state index contributed by atoms with van der Waals surface area (Å²) in [6, 6.07) is -0.708. The van der Waals surface area contributed by atoms with Crippen molar-refractivity contribution in [2.24, 2.45) is 4.99 Å². The summed E-state index contributed by atoms with van der Waals surface area (Å²) in [5.41, 5.74) is 0. The molecular formula is C15H22N2O7. The maximum Gasteiger partial charge on any atom is 0.343 e. The molecule has 2 unspecified atom stereocenters. The number of rotatable bonds is 10. The molecule has 0 aromatic carbocycles. The second-order valence-corrected chi connectivity index (χ2v) is 4.55. The van der Waals surface area contributed by atoms with Gasteiger partial charge in [-0.1, -0.05) is 13.2 Å². The highest BCUT2D eigenvalue weighted by atomic mass is 16.5. The fourth-order valence-corrected chi connectivity index (χ4v) is 1.51. The lowest BCUT2D eigenvalue weighted by Crippen LogP contribution is -2.43. The monoisotopic (exact) mass is 342 g/mol. The lowest BCUT2D eigenvalue weighted by atomic mass is 10.3. The van der Waals surface area contributed by atoms with Crippen molar-refractivity contribution in [1.82, 2.24) is 4.90 Å². The van der Waals surface area contributed by atoms with Crippen LogP contribution in [0.3, 0.4) is 0 Å². The third-order valence-electron chi connectivity index (χ3n) is 2.54. The van der Waals surface area contributed by atoms with Gasteiger partial charge in [0.15, 0.2) is 0 Å². The summed E-state index contributed by atoms with van der Waals surface area (Å²) >= 11 is 0. The van der Waals surface area contributed by atoms with E-state index in [9.17, 15) is 24.6 Å². The van der Waals surface area contributed by atoms with E-state index in [1.165, 1.54) is 13.1 Å². The standard InChI is InChI=1S/C15H22N2O7/c1-4-13(20)23-9-11(18)7-17(15(22)16-6-3)8-12(19)10-24-14(21)5-2/h4-6,11-12,18-19H,1-2,7-10H2,3H3/b16-6-. The summed E-state index contributed by atoms with van der Waals surface area (Å²) in [7, 11) is 0. The average molecular weight is 342 g/mol. The molecule has 0 radical (unpaired) electrons. The number of ether oxygens (including phenoxy) is 2. The largest absolute Gasteiger partial charge is 0.460 e. The lowest BCUT2D eigenvalue weighted by molar-refractivity contribution is -0.140. The van der Waals surface area contributed by atoms with Crippen LogP contribution in [0.5, 0.6) is 0 Å². The minimum absolute atomic E-state index is 0.243. The zero-order valence-electron chi connectivity index (χ0n) is 13.5. The summed E-state index contributed by atoms with van der Waals surface area (Å²) in [5, 5.41) is 19.6. The molecule has 9 heteroatoms. The molecule has 0 rings (SSSR count). The van der Waals surface area contributed by atoms with Crippen LogP contribution in [0.4, 0.5) is 4.79 Å². The molecule has 0 fully saturated rings. The molecule has 134 valence electrons. The number of carbonyl (C=O) groups excluding carboxylic acids is 3. The third-order valence-corrected chi connectivity index (χ3v) is 2.54. The van der Waals surface area contributed by atoms with Crippen molar-refractivity contribution in [2.75, 3.05) is 26.3 Å². The molecule has 0 saturated heterocycles. The van der Waals surface area contributed by atoms with Gasteiger partial charge < -0.3 is 24.6 Å². The van der Waals surface area contributed by atoms with Gasteiger partial charge in [0.2, 0.25) is 0 Å². The third kappa shape index (κ3) is 9.49. The minimum atomic E-state index is -1.19. The quantitative estimate of drug-likeness (QED) is 0.316. The highest BCUT2D eigenvalue weighted by Gasteiger charge is 2.21. The van der Waals surface area contributed by atoms with Gasteiger partial charge in [-0.05, 0) is 6.92 Å². The van der Waals surface area contributed by atoms with Gasteiger partial charge in [0.25, 0.3) is 0 Å². The lowest BCUT2D eigenvalue weighted by Gasteiger charge is -2.25. The van der Waals surface area contributed by atoms with Crippen molar-refractivity contribution >= 4 is 24.2 Å². The minimum Gasteiger partial charge on any atom is -0.460 e.